The van der Waals surface area contributed by atoms with E-state index in [9.17, 15) is 9.59 Å². The largest absolute Gasteiger partial charge is 0.324 e. The maximum Gasteiger partial charge on any atom is 0.266 e. The number of carbonyl (C=O) groups excluding carboxylic acids is 1. The summed E-state index contributed by atoms with van der Waals surface area (Å²) < 4.78 is 3.27. The molecule has 3 aromatic carbocycles. The van der Waals surface area contributed by atoms with Gasteiger partial charge < -0.3 is 5.32 Å². The number of aromatic nitrogens is 2. The molecule has 0 saturated heterocycles. The van der Waals surface area contributed by atoms with Crippen molar-refractivity contribution >= 4 is 66.1 Å². The molecule has 0 aliphatic heterocycles. The molecule has 0 saturated carbocycles. The van der Waals surface area contributed by atoms with Gasteiger partial charge in [0.2, 0.25) is 5.91 Å². The Morgan fingerprint density at radius 3 is 2.53 bits per heavy atom. The normalized spacial score (nSPS) is 11.0. The van der Waals surface area contributed by atoms with Gasteiger partial charge in [-0.05, 0) is 70.4 Å². The first kappa shape index (κ1) is 22.8. The van der Waals surface area contributed by atoms with E-state index in [0.717, 1.165) is 21.1 Å². The van der Waals surface area contributed by atoms with Gasteiger partial charge in [-0.3, -0.25) is 14.2 Å². The number of anilines is 1. The minimum absolute atomic E-state index is 0.111. The van der Waals surface area contributed by atoms with Gasteiger partial charge in [-0.15, -0.1) is 0 Å². The molecule has 1 aromatic heterocycles. The maximum absolute atomic E-state index is 13.3. The van der Waals surface area contributed by atoms with Crippen molar-refractivity contribution in [1.82, 2.24) is 9.55 Å². The van der Waals surface area contributed by atoms with Crippen molar-refractivity contribution in [3.05, 3.63) is 91.6 Å². The quantitative estimate of drug-likeness (QED) is 0.220. The van der Waals surface area contributed by atoms with E-state index in [0.29, 0.717) is 21.7 Å². The molecule has 0 unspecified atom stereocenters. The monoisotopic (exact) mass is 571 g/mol. The van der Waals surface area contributed by atoms with Crippen LogP contribution in [0.25, 0.3) is 16.6 Å². The molecule has 0 aliphatic rings. The average Bonchev–Trinajstić information content (AvgIpc) is 2.80. The number of amides is 1. The molecule has 4 aromatic rings. The Hall–Kier alpha value is -2.42. The fourth-order valence-electron chi connectivity index (χ4n) is 3.22. The predicted molar refractivity (Wildman–Crippen MR) is 138 cm³/mol. The van der Waals surface area contributed by atoms with Crippen molar-refractivity contribution in [2.45, 2.75) is 18.5 Å². The van der Waals surface area contributed by atoms with Gasteiger partial charge >= 0.3 is 0 Å². The Morgan fingerprint density at radius 2 is 1.81 bits per heavy atom. The summed E-state index contributed by atoms with van der Waals surface area (Å²) in [5.41, 5.74) is 3.04. The summed E-state index contributed by atoms with van der Waals surface area (Å²) in [6.07, 6.45) is 0.915. The Bertz CT molecular complexity index is 1350. The molecule has 1 amide bonds. The van der Waals surface area contributed by atoms with Crippen molar-refractivity contribution in [2.24, 2.45) is 0 Å². The van der Waals surface area contributed by atoms with E-state index in [1.54, 1.807) is 10.6 Å². The Morgan fingerprint density at radius 1 is 1.06 bits per heavy atom. The highest BCUT2D eigenvalue weighted by atomic mass is 79.9. The zero-order valence-electron chi connectivity index (χ0n) is 17.1. The third kappa shape index (κ3) is 4.98. The summed E-state index contributed by atoms with van der Waals surface area (Å²) in [7, 11) is 0. The van der Waals surface area contributed by atoms with Crippen LogP contribution in [0.4, 0.5) is 5.69 Å². The molecular weight excluding hydrogens is 554 g/mol. The molecule has 0 atom stereocenters. The standard InChI is InChI=1S/C24H19Br2N3O2S/c1-2-15-7-10-17(11-8-15)29-23(31)18-5-3-4-6-20(18)28-24(29)32-14-22(30)27-21-12-9-16(25)13-19(21)26/h3-13H,2,14H2,1H3,(H,27,30). The number of rotatable bonds is 6. The molecule has 8 heteroatoms. The molecule has 32 heavy (non-hydrogen) atoms. The van der Waals surface area contributed by atoms with E-state index >= 15 is 0 Å². The summed E-state index contributed by atoms with van der Waals surface area (Å²) in [4.78, 5) is 30.6. The van der Waals surface area contributed by atoms with Crippen LogP contribution in [0.5, 0.6) is 0 Å². The fraction of sp³-hybridized carbons (Fsp3) is 0.125. The van der Waals surface area contributed by atoms with Gasteiger partial charge in [0.1, 0.15) is 0 Å². The molecule has 4 rings (SSSR count). The minimum Gasteiger partial charge on any atom is -0.324 e. The zero-order valence-corrected chi connectivity index (χ0v) is 21.1. The van der Waals surface area contributed by atoms with E-state index in [4.69, 9.17) is 4.98 Å². The van der Waals surface area contributed by atoms with E-state index in [-0.39, 0.29) is 17.2 Å². The number of fused-ring (bicyclic) bond motifs is 1. The molecule has 1 N–H and O–H groups in total. The molecule has 162 valence electrons. The highest BCUT2D eigenvalue weighted by molar-refractivity contribution is 9.11. The number of nitrogens with zero attached hydrogens (tertiary/aromatic N) is 2. The first-order chi connectivity index (χ1) is 15.5. The Balaban J connectivity index is 1.66. The third-order valence-corrected chi connectivity index (χ3v) is 6.97. The molecule has 0 fully saturated rings. The summed E-state index contributed by atoms with van der Waals surface area (Å²) in [6.45, 7) is 2.09. The van der Waals surface area contributed by atoms with Crippen LogP contribution in [-0.4, -0.2) is 21.2 Å². The number of nitrogens with one attached hydrogen (secondary N) is 1. The lowest BCUT2D eigenvalue weighted by Crippen LogP contribution is -2.23. The molecule has 1 heterocycles. The number of hydrogen-bond donors (Lipinski definition) is 1. The Kier molecular flexibility index (Phi) is 7.13. The second-order valence-electron chi connectivity index (χ2n) is 7.03. The van der Waals surface area contributed by atoms with E-state index < -0.39 is 0 Å². The Labute approximate surface area is 206 Å². The lowest BCUT2D eigenvalue weighted by molar-refractivity contribution is -0.113. The zero-order chi connectivity index (χ0) is 22.7. The smallest absolute Gasteiger partial charge is 0.266 e. The molecule has 5 nitrogen and oxygen atoms in total. The number of hydrogen-bond acceptors (Lipinski definition) is 4. The van der Waals surface area contributed by atoms with Crippen LogP contribution in [0.15, 0.2) is 85.6 Å². The molecule has 0 bridgehead atoms. The molecule has 0 radical (unpaired) electrons. The lowest BCUT2D eigenvalue weighted by atomic mass is 10.1. The van der Waals surface area contributed by atoms with Crippen LogP contribution in [0, 0.1) is 0 Å². The summed E-state index contributed by atoms with van der Waals surface area (Å²) in [5.74, 6) is -0.0753. The van der Waals surface area contributed by atoms with Crippen LogP contribution in [0.1, 0.15) is 12.5 Å². The van der Waals surface area contributed by atoms with Crippen molar-refractivity contribution in [3.8, 4) is 5.69 Å². The number of benzene rings is 3. The van der Waals surface area contributed by atoms with Crippen LogP contribution in [0.2, 0.25) is 0 Å². The first-order valence-corrected chi connectivity index (χ1v) is 12.5. The third-order valence-electron chi connectivity index (χ3n) is 4.89. The van der Waals surface area contributed by atoms with Crippen LogP contribution in [0.3, 0.4) is 0 Å². The highest BCUT2D eigenvalue weighted by Crippen LogP contribution is 2.27. The van der Waals surface area contributed by atoms with Gasteiger partial charge in [-0.2, -0.15) is 0 Å². The average molecular weight is 573 g/mol. The van der Waals surface area contributed by atoms with Crippen molar-refractivity contribution in [1.29, 1.82) is 0 Å². The van der Waals surface area contributed by atoms with Crippen LogP contribution in [-0.2, 0) is 11.2 Å². The van der Waals surface area contributed by atoms with Crippen LogP contribution >= 0.6 is 43.6 Å². The predicted octanol–water partition coefficient (Wildman–Crippen LogP) is 6.20. The highest BCUT2D eigenvalue weighted by Gasteiger charge is 2.15. The number of halogens is 2. The number of para-hydroxylation sites is 1. The second-order valence-corrected chi connectivity index (χ2v) is 9.75. The number of aryl methyl sites for hydroxylation is 1. The van der Waals surface area contributed by atoms with Crippen LogP contribution < -0.4 is 10.9 Å². The van der Waals surface area contributed by atoms with Gasteiger partial charge in [-0.25, -0.2) is 4.98 Å². The van der Waals surface area contributed by atoms with E-state index in [1.165, 1.54) is 17.3 Å². The SMILES string of the molecule is CCc1ccc(-n2c(SCC(=O)Nc3ccc(Br)cc3Br)nc3ccccc3c2=O)cc1. The molecule has 0 spiro atoms. The van der Waals surface area contributed by atoms with Gasteiger partial charge in [-0.1, -0.05) is 58.9 Å². The topological polar surface area (TPSA) is 64.0 Å². The van der Waals surface area contributed by atoms with Crippen molar-refractivity contribution in [2.75, 3.05) is 11.1 Å². The maximum atomic E-state index is 13.3. The summed E-state index contributed by atoms with van der Waals surface area (Å²) in [5, 5.41) is 3.91. The van der Waals surface area contributed by atoms with Crippen molar-refractivity contribution < 1.29 is 4.79 Å². The fourth-order valence-corrected chi connectivity index (χ4v) is 5.18. The molecule has 0 aliphatic carbocycles. The van der Waals surface area contributed by atoms with E-state index in [1.807, 2.05) is 60.7 Å². The van der Waals surface area contributed by atoms with Crippen molar-refractivity contribution in [3.63, 3.8) is 0 Å². The van der Waals surface area contributed by atoms with Gasteiger partial charge in [0.25, 0.3) is 5.56 Å². The van der Waals surface area contributed by atoms with Gasteiger partial charge in [0.15, 0.2) is 5.16 Å². The van der Waals surface area contributed by atoms with Gasteiger partial charge in [0.05, 0.1) is 28.0 Å². The number of thioether (sulfide) groups is 1. The summed E-state index contributed by atoms with van der Waals surface area (Å²) in [6, 6.07) is 20.6. The summed E-state index contributed by atoms with van der Waals surface area (Å²) >= 11 is 8.09. The van der Waals surface area contributed by atoms with E-state index in [2.05, 4.69) is 44.1 Å². The first-order valence-electron chi connectivity index (χ1n) is 9.95. The lowest BCUT2D eigenvalue weighted by Gasteiger charge is -2.14. The minimum atomic E-state index is -0.187. The van der Waals surface area contributed by atoms with Gasteiger partial charge in [0, 0.05) is 8.95 Å². The molecular formula is C24H19Br2N3O2S. The number of carbonyl (C=O) groups is 1. The second kappa shape index (κ2) is 10.0.